The average molecular weight is 207 g/mol. The molecule has 1 atom stereocenters. The predicted molar refractivity (Wildman–Crippen MR) is 58.5 cm³/mol. The van der Waals surface area contributed by atoms with E-state index in [4.69, 9.17) is 10.8 Å². The van der Waals surface area contributed by atoms with E-state index < -0.39 is 0 Å². The third-order valence-electron chi connectivity index (χ3n) is 3.30. The van der Waals surface area contributed by atoms with Crippen molar-refractivity contribution in [3.8, 4) is 0 Å². The lowest BCUT2D eigenvalue weighted by molar-refractivity contribution is 0.255. The number of rotatable bonds is 4. The van der Waals surface area contributed by atoms with Crippen LogP contribution in [0.25, 0.3) is 0 Å². The Bertz CT molecular complexity index is 330. The molecule has 3 nitrogen and oxygen atoms in total. The summed E-state index contributed by atoms with van der Waals surface area (Å²) in [5, 5.41) is 18.2. The maximum Gasteiger partial charge on any atom is 0.0624 e. The Labute approximate surface area is 89.5 Å². The van der Waals surface area contributed by atoms with Crippen molar-refractivity contribution >= 4 is 0 Å². The highest BCUT2D eigenvalue weighted by atomic mass is 16.3. The molecule has 0 aliphatic heterocycles. The number of hydrogen-bond donors (Lipinski definition) is 3. The van der Waals surface area contributed by atoms with Crippen molar-refractivity contribution in [2.45, 2.75) is 24.3 Å². The van der Waals surface area contributed by atoms with E-state index in [1.807, 2.05) is 24.3 Å². The summed E-state index contributed by atoms with van der Waals surface area (Å²) >= 11 is 0. The predicted octanol–water partition coefficient (Wildman–Crippen LogP) is 0.703. The first-order valence-corrected chi connectivity index (χ1v) is 5.29. The second kappa shape index (κ2) is 3.93. The summed E-state index contributed by atoms with van der Waals surface area (Å²) in [7, 11) is 0. The highest BCUT2D eigenvalue weighted by molar-refractivity contribution is 5.34. The van der Waals surface area contributed by atoms with Crippen molar-refractivity contribution in [3.05, 3.63) is 35.4 Å². The second-order valence-corrected chi connectivity index (χ2v) is 4.35. The van der Waals surface area contributed by atoms with Crippen LogP contribution in [-0.4, -0.2) is 23.4 Å². The number of aliphatic hydroxyl groups excluding tert-OH is 2. The molecule has 1 unspecified atom stereocenters. The Morgan fingerprint density at radius 1 is 1.20 bits per heavy atom. The molecule has 82 valence electrons. The third-order valence-corrected chi connectivity index (χ3v) is 3.30. The third kappa shape index (κ3) is 1.91. The lowest BCUT2D eigenvalue weighted by atomic mass is 9.95. The highest BCUT2D eigenvalue weighted by Crippen LogP contribution is 2.47. The minimum Gasteiger partial charge on any atom is -0.395 e. The Hall–Kier alpha value is -0.900. The van der Waals surface area contributed by atoms with Crippen LogP contribution in [-0.2, 0) is 5.41 Å². The summed E-state index contributed by atoms with van der Waals surface area (Å²) in [5.74, 6) is 0. The Balaban J connectivity index is 2.17. The van der Waals surface area contributed by atoms with Gasteiger partial charge in [0.25, 0.3) is 0 Å². The lowest BCUT2D eigenvalue weighted by Gasteiger charge is -2.14. The van der Waals surface area contributed by atoms with Gasteiger partial charge in [-0.15, -0.1) is 0 Å². The van der Waals surface area contributed by atoms with Gasteiger partial charge in [0.05, 0.1) is 19.3 Å². The average Bonchev–Trinajstić information content (AvgIpc) is 3.09. The number of nitrogens with two attached hydrogens (primary N) is 1. The topological polar surface area (TPSA) is 66.5 Å². The van der Waals surface area contributed by atoms with Gasteiger partial charge in [0.2, 0.25) is 0 Å². The van der Waals surface area contributed by atoms with Crippen LogP contribution in [0.1, 0.15) is 30.0 Å². The normalized spacial score (nSPS) is 19.9. The van der Waals surface area contributed by atoms with Crippen molar-refractivity contribution in [1.82, 2.24) is 0 Å². The Kier molecular flexibility index (Phi) is 2.78. The summed E-state index contributed by atoms with van der Waals surface area (Å²) in [6.45, 7) is 0.183. The van der Waals surface area contributed by atoms with Crippen LogP contribution in [0.5, 0.6) is 0 Å². The van der Waals surface area contributed by atoms with Crippen molar-refractivity contribution in [1.29, 1.82) is 0 Å². The van der Waals surface area contributed by atoms with E-state index in [0.29, 0.717) is 0 Å². The van der Waals surface area contributed by atoms with Crippen LogP contribution in [0.15, 0.2) is 24.3 Å². The van der Waals surface area contributed by atoms with E-state index in [0.717, 1.165) is 18.4 Å². The molecule has 0 bridgehead atoms. The lowest BCUT2D eigenvalue weighted by Crippen LogP contribution is -2.15. The molecule has 0 amide bonds. The van der Waals surface area contributed by atoms with Crippen molar-refractivity contribution in [2.75, 3.05) is 13.2 Å². The van der Waals surface area contributed by atoms with Crippen LogP contribution >= 0.6 is 0 Å². The maximum atomic E-state index is 9.27. The van der Waals surface area contributed by atoms with Gasteiger partial charge in [0.15, 0.2) is 0 Å². The molecule has 1 fully saturated rings. The summed E-state index contributed by atoms with van der Waals surface area (Å²) in [4.78, 5) is 0. The van der Waals surface area contributed by atoms with Gasteiger partial charge in [-0.25, -0.2) is 0 Å². The Morgan fingerprint density at radius 2 is 1.80 bits per heavy atom. The minimum atomic E-state index is -0.302. The van der Waals surface area contributed by atoms with E-state index in [9.17, 15) is 5.11 Å². The van der Waals surface area contributed by atoms with Gasteiger partial charge in [0, 0.05) is 5.41 Å². The summed E-state index contributed by atoms with van der Waals surface area (Å²) in [6, 6.07) is 7.59. The molecule has 3 heteroatoms. The summed E-state index contributed by atoms with van der Waals surface area (Å²) in [6.07, 6.45) is 2.13. The first-order chi connectivity index (χ1) is 7.22. The second-order valence-electron chi connectivity index (χ2n) is 4.35. The molecule has 1 aromatic rings. The fraction of sp³-hybridized carbons (Fsp3) is 0.500. The van der Waals surface area contributed by atoms with Gasteiger partial charge < -0.3 is 15.9 Å². The SMILES string of the molecule is NC(CO)c1ccc(C2(CO)CC2)cc1. The quantitative estimate of drug-likeness (QED) is 0.681. The van der Waals surface area contributed by atoms with Crippen LogP contribution in [0.2, 0.25) is 0 Å². The molecule has 0 saturated heterocycles. The van der Waals surface area contributed by atoms with Crippen LogP contribution in [0, 0.1) is 0 Å². The van der Waals surface area contributed by atoms with Crippen LogP contribution in [0.3, 0.4) is 0 Å². The van der Waals surface area contributed by atoms with E-state index in [2.05, 4.69) is 0 Å². The highest BCUT2D eigenvalue weighted by Gasteiger charge is 2.43. The molecular weight excluding hydrogens is 190 g/mol. The first kappa shape index (κ1) is 10.6. The maximum absolute atomic E-state index is 9.27. The number of aliphatic hydroxyl groups is 2. The minimum absolute atomic E-state index is 0.0157. The fourth-order valence-corrected chi connectivity index (χ4v) is 1.88. The van der Waals surface area contributed by atoms with E-state index in [1.165, 1.54) is 5.56 Å². The monoisotopic (exact) mass is 207 g/mol. The van der Waals surface area contributed by atoms with Gasteiger partial charge in [-0.1, -0.05) is 24.3 Å². The number of hydrogen-bond acceptors (Lipinski definition) is 3. The molecule has 4 N–H and O–H groups in total. The molecule has 2 rings (SSSR count). The van der Waals surface area contributed by atoms with E-state index >= 15 is 0 Å². The fourth-order valence-electron chi connectivity index (χ4n) is 1.88. The van der Waals surface area contributed by atoms with E-state index in [1.54, 1.807) is 0 Å². The van der Waals surface area contributed by atoms with Crippen molar-refractivity contribution in [3.63, 3.8) is 0 Å². The van der Waals surface area contributed by atoms with Crippen molar-refractivity contribution < 1.29 is 10.2 Å². The van der Waals surface area contributed by atoms with Gasteiger partial charge in [-0.3, -0.25) is 0 Å². The molecule has 1 saturated carbocycles. The molecule has 0 heterocycles. The zero-order valence-electron chi connectivity index (χ0n) is 8.69. The molecule has 1 aliphatic rings. The molecule has 1 aromatic carbocycles. The van der Waals surface area contributed by atoms with E-state index in [-0.39, 0.29) is 24.7 Å². The number of benzene rings is 1. The first-order valence-electron chi connectivity index (χ1n) is 5.29. The van der Waals surface area contributed by atoms with Crippen molar-refractivity contribution in [2.24, 2.45) is 5.73 Å². The molecular formula is C12H17NO2. The molecule has 0 spiro atoms. The van der Waals surface area contributed by atoms with Gasteiger partial charge in [0.1, 0.15) is 0 Å². The smallest absolute Gasteiger partial charge is 0.0624 e. The molecule has 15 heavy (non-hydrogen) atoms. The molecule has 0 aromatic heterocycles. The Morgan fingerprint density at radius 3 is 2.20 bits per heavy atom. The van der Waals surface area contributed by atoms with Gasteiger partial charge >= 0.3 is 0 Å². The largest absolute Gasteiger partial charge is 0.395 e. The molecule has 0 radical (unpaired) electrons. The molecule has 1 aliphatic carbocycles. The summed E-state index contributed by atoms with van der Waals surface area (Å²) in [5.41, 5.74) is 7.84. The van der Waals surface area contributed by atoms with Gasteiger partial charge in [-0.05, 0) is 24.0 Å². The van der Waals surface area contributed by atoms with Crippen LogP contribution in [0.4, 0.5) is 0 Å². The van der Waals surface area contributed by atoms with Crippen LogP contribution < -0.4 is 5.73 Å². The standard InChI is InChI=1S/C12H17NO2/c13-11(7-14)9-1-3-10(4-2-9)12(8-15)5-6-12/h1-4,11,14-15H,5-8,13H2. The summed E-state index contributed by atoms with van der Waals surface area (Å²) < 4.78 is 0. The zero-order chi connectivity index (χ0) is 10.9. The zero-order valence-corrected chi connectivity index (χ0v) is 8.69. The van der Waals surface area contributed by atoms with Gasteiger partial charge in [-0.2, -0.15) is 0 Å².